The molecule has 11 nitrogen and oxygen atoms in total. The first-order chi connectivity index (χ1) is 24.8. The second kappa shape index (κ2) is 13.5. The highest BCUT2D eigenvalue weighted by atomic mass is 16.5. The van der Waals surface area contributed by atoms with Crippen LogP contribution in [0.5, 0.6) is 23.0 Å². The summed E-state index contributed by atoms with van der Waals surface area (Å²) in [5, 5.41) is 2.30. The Labute approximate surface area is 292 Å². The van der Waals surface area contributed by atoms with Gasteiger partial charge in [-0.1, -0.05) is 30.3 Å². The number of ether oxygens (including phenoxy) is 4. The molecule has 0 aliphatic carbocycles. The van der Waals surface area contributed by atoms with Crippen LogP contribution >= 0.6 is 0 Å². The molecule has 7 aromatic rings. The summed E-state index contributed by atoms with van der Waals surface area (Å²) in [6, 6.07) is 24.2. The van der Waals surface area contributed by atoms with Crippen LogP contribution in [-0.4, -0.2) is 51.5 Å². The predicted octanol–water partition coefficient (Wildman–Crippen LogP) is 7.72. The van der Waals surface area contributed by atoms with Crippen LogP contribution in [0, 0.1) is 0 Å². The van der Waals surface area contributed by atoms with Gasteiger partial charge in [0.15, 0.2) is 23.0 Å². The lowest BCUT2D eigenvalue weighted by Gasteiger charge is -2.25. The molecule has 0 spiro atoms. The maximum Gasteiger partial charge on any atom is 0.347 e. The number of fused-ring (bicyclic) bond motifs is 3. The van der Waals surface area contributed by atoms with Gasteiger partial charge in [-0.3, -0.25) is 0 Å². The summed E-state index contributed by atoms with van der Waals surface area (Å²) in [4.78, 5) is 38.5. The summed E-state index contributed by atoms with van der Waals surface area (Å²) in [5.41, 5.74) is 3.58. The second-order valence-electron chi connectivity index (χ2n) is 11.7. The molecule has 0 aliphatic heterocycles. The fourth-order valence-corrected chi connectivity index (χ4v) is 6.42. The molecule has 11 heteroatoms. The largest absolute Gasteiger partial charge is 0.493 e. The van der Waals surface area contributed by atoms with Gasteiger partial charge in [0.2, 0.25) is 11.8 Å². The molecule has 0 aliphatic rings. The Morgan fingerprint density at radius 1 is 0.549 bits per heavy atom. The molecule has 0 saturated heterocycles. The molecule has 51 heavy (non-hydrogen) atoms. The zero-order valence-corrected chi connectivity index (χ0v) is 29.0. The van der Waals surface area contributed by atoms with E-state index >= 15 is 0 Å². The molecule has 5 aromatic carbocycles. The number of hydrogen-bond acceptors (Lipinski definition) is 11. The zero-order chi connectivity index (χ0) is 35.8. The van der Waals surface area contributed by atoms with Gasteiger partial charge in [-0.25, -0.2) is 19.6 Å². The smallest absolute Gasteiger partial charge is 0.347 e. The van der Waals surface area contributed by atoms with Crippen molar-refractivity contribution >= 4 is 38.3 Å². The minimum absolute atomic E-state index is 0.153. The average molecular weight is 686 g/mol. The molecule has 7 rings (SSSR count). The molecular formula is C40H35N3O8. The maximum absolute atomic E-state index is 13.4. The van der Waals surface area contributed by atoms with Gasteiger partial charge in [0, 0.05) is 59.6 Å². The molecule has 0 N–H and O–H groups in total. The number of rotatable bonds is 10. The van der Waals surface area contributed by atoms with Crippen molar-refractivity contribution in [3.05, 3.63) is 99.7 Å². The predicted molar refractivity (Wildman–Crippen MR) is 198 cm³/mol. The molecule has 258 valence electrons. The first-order valence-electron chi connectivity index (χ1n) is 16.4. The number of benzene rings is 5. The summed E-state index contributed by atoms with van der Waals surface area (Å²) in [6.45, 7) is 5.53. The van der Waals surface area contributed by atoms with E-state index in [-0.39, 0.29) is 22.6 Å². The molecule has 0 unspecified atom stereocenters. The van der Waals surface area contributed by atoms with E-state index in [4.69, 9.17) is 37.7 Å². The second-order valence-corrected chi connectivity index (χ2v) is 11.7. The average Bonchev–Trinajstić information content (AvgIpc) is 3.17. The van der Waals surface area contributed by atoms with Gasteiger partial charge in [-0.2, -0.15) is 0 Å². The summed E-state index contributed by atoms with van der Waals surface area (Å²) in [7, 11) is 6.07. The maximum atomic E-state index is 13.4. The van der Waals surface area contributed by atoms with Crippen LogP contribution in [0.4, 0.5) is 5.69 Å². The third-order valence-electron chi connectivity index (χ3n) is 9.00. The van der Waals surface area contributed by atoms with Gasteiger partial charge in [-0.15, -0.1) is 0 Å². The van der Waals surface area contributed by atoms with Crippen LogP contribution < -0.4 is 35.1 Å². The number of nitrogens with zero attached hydrogens (tertiary/aromatic N) is 3. The Bertz CT molecular complexity index is 2560. The van der Waals surface area contributed by atoms with E-state index in [0.717, 1.165) is 27.6 Å². The van der Waals surface area contributed by atoms with Crippen LogP contribution in [0.25, 0.3) is 66.6 Å². The van der Waals surface area contributed by atoms with Crippen molar-refractivity contribution in [1.82, 2.24) is 9.97 Å². The number of methoxy groups -OCH3 is 4. The van der Waals surface area contributed by atoms with Crippen molar-refractivity contribution in [2.45, 2.75) is 13.8 Å². The van der Waals surface area contributed by atoms with E-state index < -0.39 is 11.3 Å². The third kappa shape index (κ3) is 5.86. The van der Waals surface area contributed by atoms with Crippen molar-refractivity contribution < 1.29 is 27.8 Å². The molecule has 2 heterocycles. The molecule has 0 saturated carbocycles. The van der Waals surface area contributed by atoms with E-state index in [0.29, 0.717) is 58.2 Å². The highest BCUT2D eigenvalue weighted by Gasteiger charge is 2.21. The Kier molecular flexibility index (Phi) is 8.78. The Hall–Kier alpha value is -6.36. The lowest BCUT2D eigenvalue weighted by Crippen LogP contribution is -2.22. The quantitative estimate of drug-likeness (QED) is 0.140. The number of anilines is 1. The Balaban J connectivity index is 1.52. The molecule has 0 radical (unpaired) electrons. The van der Waals surface area contributed by atoms with Crippen LogP contribution in [0.2, 0.25) is 0 Å². The summed E-state index contributed by atoms with van der Waals surface area (Å²) < 4.78 is 33.5. The Morgan fingerprint density at radius 2 is 1.02 bits per heavy atom. The minimum atomic E-state index is -0.553. The van der Waals surface area contributed by atoms with Gasteiger partial charge in [0.05, 0.1) is 50.2 Å². The van der Waals surface area contributed by atoms with Gasteiger partial charge < -0.3 is 32.7 Å². The van der Waals surface area contributed by atoms with Crippen molar-refractivity contribution in [3.8, 4) is 57.0 Å². The van der Waals surface area contributed by atoms with Crippen LogP contribution in [-0.2, 0) is 0 Å². The summed E-state index contributed by atoms with van der Waals surface area (Å²) >= 11 is 0. The van der Waals surface area contributed by atoms with E-state index in [1.54, 1.807) is 24.3 Å². The van der Waals surface area contributed by atoms with Crippen LogP contribution in [0.3, 0.4) is 0 Å². The van der Waals surface area contributed by atoms with E-state index in [2.05, 4.69) is 18.7 Å². The van der Waals surface area contributed by atoms with Crippen molar-refractivity contribution in [2.24, 2.45) is 0 Å². The number of aromatic nitrogens is 2. The minimum Gasteiger partial charge on any atom is -0.493 e. The number of hydrogen-bond donors (Lipinski definition) is 0. The lowest BCUT2D eigenvalue weighted by molar-refractivity contribution is 0.355. The van der Waals surface area contributed by atoms with Crippen molar-refractivity contribution in [3.63, 3.8) is 0 Å². The first kappa shape index (κ1) is 33.2. The molecule has 0 bridgehead atoms. The molecule has 0 amide bonds. The van der Waals surface area contributed by atoms with E-state index in [1.807, 2.05) is 54.6 Å². The topological polar surface area (TPSA) is 126 Å². The summed E-state index contributed by atoms with van der Waals surface area (Å²) in [6.07, 6.45) is 0. The summed E-state index contributed by atoms with van der Waals surface area (Å²) in [5.74, 6) is 2.01. The fourth-order valence-electron chi connectivity index (χ4n) is 6.42. The molecule has 2 aromatic heterocycles. The SMILES string of the molecule is CCN(CC)c1cc(-c2nc3cc(OC)c(OC)cc3c(=O)o2)cc2c(-c3ccccc3)cc(-c3nc4cc(OC)c(OC)cc4c(=O)o3)cc12. The zero-order valence-electron chi connectivity index (χ0n) is 29.0. The standard InChI is InChI=1S/C40H35N3O8/c1-7-43(8-2)32-17-24(38-42-31-21-36(49-6)34(47-4)19-29(31)40(45)51-38)15-26-25(22-12-10-9-11-13-22)14-23(16-27(26)32)37-41-30-20-35(48-5)33(46-3)18-28(30)39(44)50-37/h9-21H,7-8H2,1-6H3. The van der Waals surface area contributed by atoms with Crippen LogP contribution in [0.15, 0.2) is 97.3 Å². The monoisotopic (exact) mass is 685 g/mol. The first-order valence-corrected chi connectivity index (χ1v) is 16.4. The molecular weight excluding hydrogens is 650 g/mol. The highest BCUT2D eigenvalue weighted by Crippen LogP contribution is 2.42. The van der Waals surface area contributed by atoms with Gasteiger partial charge in [0.25, 0.3) is 0 Å². The molecule has 0 fully saturated rings. The van der Waals surface area contributed by atoms with E-state index in [1.165, 1.54) is 28.4 Å². The van der Waals surface area contributed by atoms with Crippen molar-refractivity contribution in [1.29, 1.82) is 0 Å². The normalized spacial score (nSPS) is 11.3. The highest BCUT2D eigenvalue weighted by molar-refractivity contribution is 6.07. The molecule has 0 atom stereocenters. The van der Waals surface area contributed by atoms with Crippen LogP contribution in [0.1, 0.15) is 13.8 Å². The van der Waals surface area contributed by atoms with Gasteiger partial charge >= 0.3 is 11.3 Å². The van der Waals surface area contributed by atoms with Gasteiger partial charge in [0.1, 0.15) is 0 Å². The van der Waals surface area contributed by atoms with Gasteiger partial charge in [-0.05, 0) is 54.6 Å². The lowest BCUT2D eigenvalue weighted by atomic mass is 9.92. The fraction of sp³-hybridized carbons (Fsp3) is 0.200. The van der Waals surface area contributed by atoms with E-state index in [9.17, 15) is 9.59 Å². The third-order valence-corrected chi connectivity index (χ3v) is 9.00. The van der Waals surface area contributed by atoms with Crippen molar-refractivity contribution in [2.75, 3.05) is 46.4 Å². The Morgan fingerprint density at radius 3 is 1.51 bits per heavy atom.